The molecule has 2 aromatic rings. The molecule has 0 amide bonds. The molecular weight excluding hydrogens is 326 g/mol. The Bertz CT molecular complexity index is 614. The molecule has 2 rings (SSSR count). The third-order valence-corrected chi connectivity index (χ3v) is 2.97. The second kappa shape index (κ2) is 14.1. The largest absolute Gasteiger partial charge is 0.508 e. The highest BCUT2D eigenvalue weighted by Crippen LogP contribution is 2.25. The van der Waals surface area contributed by atoms with Crippen molar-refractivity contribution in [1.29, 1.82) is 0 Å². The molecule has 0 bridgehead atoms. The zero-order valence-electron chi connectivity index (χ0n) is 16.4. The van der Waals surface area contributed by atoms with Crippen molar-refractivity contribution in [3.05, 3.63) is 53.1 Å². The molecule has 0 unspecified atom stereocenters. The SMILES string of the molecule is CC.CC.COc1c(F)ccc(F)c1C.COc1cccc(O)c1C. The van der Waals surface area contributed by atoms with Crippen LogP contribution in [-0.2, 0) is 0 Å². The van der Waals surface area contributed by atoms with Crippen molar-refractivity contribution in [3.8, 4) is 17.2 Å². The van der Waals surface area contributed by atoms with Crippen molar-refractivity contribution >= 4 is 0 Å². The van der Waals surface area contributed by atoms with Gasteiger partial charge in [0.15, 0.2) is 11.6 Å². The summed E-state index contributed by atoms with van der Waals surface area (Å²) in [5, 5.41) is 9.15. The molecule has 1 N–H and O–H groups in total. The van der Waals surface area contributed by atoms with E-state index in [1.807, 2.05) is 40.7 Å². The van der Waals surface area contributed by atoms with Gasteiger partial charge in [-0.2, -0.15) is 0 Å². The first kappa shape index (κ1) is 24.9. The Labute approximate surface area is 150 Å². The van der Waals surface area contributed by atoms with Gasteiger partial charge in [-0.1, -0.05) is 33.8 Å². The number of methoxy groups -OCH3 is 2. The summed E-state index contributed by atoms with van der Waals surface area (Å²) in [7, 11) is 2.90. The number of halogens is 2. The van der Waals surface area contributed by atoms with E-state index in [-0.39, 0.29) is 17.1 Å². The molecule has 2 aromatic carbocycles. The first-order chi connectivity index (χ1) is 11.9. The molecule has 0 radical (unpaired) electrons. The summed E-state index contributed by atoms with van der Waals surface area (Å²) >= 11 is 0. The molecule has 0 aliphatic rings. The van der Waals surface area contributed by atoms with Crippen LogP contribution in [0.1, 0.15) is 38.8 Å². The first-order valence-corrected chi connectivity index (χ1v) is 8.23. The number of hydrogen-bond donors (Lipinski definition) is 1. The van der Waals surface area contributed by atoms with E-state index >= 15 is 0 Å². The molecule has 0 atom stereocenters. The second-order valence-electron chi connectivity index (χ2n) is 4.29. The van der Waals surface area contributed by atoms with Crippen LogP contribution in [0.5, 0.6) is 17.2 Å². The van der Waals surface area contributed by atoms with Gasteiger partial charge in [0.25, 0.3) is 0 Å². The summed E-state index contributed by atoms with van der Waals surface area (Å²) in [6.45, 7) is 11.3. The summed E-state index contributed by atoms with van der Waals surface area (Å²) in [4.78, 5) is 0. The molecule has 0 aliphatic carbocycles. The molecule has 0 saturated carbocycles. The van der Waals surface area contributed by atoms with E-state index in [9.17, 15) is 8.78 Å². The van der Waals surface area contributed by atoms with Gasteiger partial charge in [0.1, 0.15) is 17.3 Å². The van der Waals surface area contributed by atoms with Gasteiger partial charge < -0.3 is 14.6 Å². The first-order valence-electron chi connectivity index (χ1n) is 8.23. The fraction of sp³-hybridized carbons (Fsp3) is 0.400. The van der Waals surface area contributed by atoms with Crippen LogP contribution in [0.3, 0.4) is 0 Å². The molecule has 3 nitrogen and oxygen atoms in total. The van der Waals surface area contributed by atoms with Crippen LogP contribution in [0.2, 0.25) is 0 Å². The smallest absolute Gasteiger partial charge is 0.165 e. The van der Waals surface area contributed by atoms with E-state index in [0.29, 0.717) is 0 Å². The summed E-state index contributed by atoms with van der Waals surface area (Å²) in [5.74, 6) is -0.0148. The van der Waals surface area contributed by atoms with E-state index in [0.717, 1.165) is 23.4 Å². The Kier molecular flexibility index (Phi) is 14.0. The highest BCUT2D eigenvalue weighted by Gasteiger charge is 2.09. The Hall–Kier alpha value is -2.30. The average molecular weight is 356 g/mol. The van der Waals surface area contributed by atoms with Gasteiger partial charge in [-0.15, -0.1) is 0 Å². The zero-order chi connectivity index (χ0) is 20.0. The highest BCUT2D eigenvalue weighted by atomic mass is 19.1. The minimum atomic E-state index is -0.536. The molecule has 25 heavy (non-hydrogen) atoms. The molecule has 5 heteroatoms. The monoisotopic (exact) mass is 356 g/mol. The van der Waals surface area contributed by atoms with Gasteiger partial charge in [0.2, 0.25) is 0 Å². The third-order valence-electron chi connectivity index (χ3n) is 2.97. The Morgan fingerprint density at radius 1 is 0.760 bits per heavy atom. The van der Waals surface area contributed by atoms with Crippen LogP contribution in [0, 0.1) is 25.5 Å². The van der Waals surface area contributed by atoms with Gasteiger partial charge in [-0.3, -0.25) is 0 Å². The Balaban J connectivity index is 0. The lowest BCUT2D eigenvalue weighted by Crippen LogP contribution is -1.93. The van der Waals surface area contributed by atoms with Crippen LogP contribution < -0.4 is 9.47 Å². The fourth-order valence-electron chi connectivity index (χ4n) is 1.71. The lowest BCUT2D eigenvalue weighted by atomic mass is 10.2. The predicted octanol–water partition coefficient (Wildman–Crippen LogP) is 6.04. The molecule has 0 aromatic heterocycles. The van der Waals surface area contributed by atoms with Gasteiger partial charge in [0.05, 0.1) is 14.2 Å². The van der Waals surface area contributed by atoms with Crippen molar-refractivity contribution in [3.63, 3.8) is 0 Å². The molecular formula is C20H30F2O3. The summed E-state index contributed by atoms with van der Waals surface area (Å²) in [5.41, 5.74) is 0.984. The highest BCUT2D eigenvalue weighted by molar-refractivity contribution is 5.42. The number of phenols is 1. The average Bonchev–Trinajstić information content (AvgIpc) is 2.65. The topological polar surface area (TPSA) is 38.7 Å². The number of ether oxygens (including phenoxy) is 2. The standard InChI is InChI=1S/C8H8F2O.C8H10O2.2C2H6/c1-5-6(9)3-4-7(10)8(5)11-2;1-6-7(9)4-3-5-8(6)10-2;2*1-2/h3-4H,1-2H3;3-5,9H,1-2H3;2*1-2H3. The van der Waals surface area contributed by atoms with Crippen LogP contribution in [0.4, 0.5) is 8.78 Å². The van der Waals surface area contributed by atoms with Crippen LogP contribution >= 0.6 is 0 Å². The molecule has 142 valence electrons. The van der Waals surface area contributed by atoms with Gasteiger partial charge >= 0.3 is 0 Å². The molecule has 0 heterocycles. The van der Waals surface area contributed by atoms with E-state index in [4.69, 9.17) is 9.84 Å². The third kappa shape index (κ3) is 7.88. The zero-order valence-corrected chi connectivity index (χ0v) is 16.4. The number of aromatic hydroxyl groups is 1. The molecule has 0 aliphatic heterocycles. The summed E-state index contributed by atoms with van der Waals surface area (Å²) in [6.07, 6.45) is 0. The van der Waals surface area contributed by atoms with Crippen molar-refractivity contribution in [2.45, 2.75) is 41.5 Å². The van der Waals surface area contributed by atoms with Crippen LogP contribution in [-0.4, -0.2) is 19.3 Å². The minimum Gasteiger partial charge on any atom is -0.508 e. The number of phenolic OH excluding ortho intramolecular Hbond substituents is 1. The van der Waals surface area contributed by atoms with Crippen molar-refractivity contribution in [1.82, 2.24) is 0 Å². The van der Waals surface area contributed by atoms with E-state index in [1.165, 1.54) is 14.0 Å². The number of hydrogen-bond acceptors (Lipinski definition) is 3. The fourth-order valence-corrected chi connectivity index (χ4v) is 1.71. The number of rotatable bonds is 2. The Morgan fingerprint density at radius 2 is 1.28 bits per heavy atom. The van der Waals surface area contributed by atoms with Crippen molar-refractivity contribution in [2.75, 3.05) is 14.2 Å². The lowest BCUT2D eigenvalue weighted by molar-refractivity contribution is 0.378. The molecule has 0 saturated heterocycles. The van der Waals surface area contributed by atoms with Crippen LogP contribution in [0.25, 0.3) is 0 Å². The van der Waals surface area contributed by atoms with Gasteiger partial charge in [-0.05, 0) is 38.1 Å². The maximum atomic E-state index is 12.7. The van der Waals surface area contributed by atoms with E-state index in [1.54, 1.807) is 19.2 Å². The molecule has 0 fully saturated rings. The van der Waals surface area contributed by atoms with E-state index < -0.39 is 11.6 Å². The lowest BCUT2D eigenvalue weighted by Gasteiger charge is -2.05. The maximum absolute atomic E-state index is 12.7. The second-order valence-corrected chi connectivity index (χ2v) is 4.29. The Morgan fingerprint density at radius 3 is 1.68 bits per heavy atom. The van der Waals surface area contributed by atoms with E-state index in [2.05, 4.69) is 4.74 Å². The van der Waals surface area contributed by atoms with Crippen molar-refractivity contribution in [2.24, 2.45) is 0 Å². The van der Waals surface area contributed by atoms with Gasteiger partial charge in [-0.25, -0.2) is 8.78 Å². The maximum Gasteiger partial charge on any atom is 0.165 e. The normalized spacial score (nSPS) is 8.56. The van der Waals surface area contributed by atoms with Crippen LogP contribution in [0.15, 0.2) is 30.3 Å². The van der Waals surface area contributed by atoms with Gasteiger partial charge in [0, 0.05) is 11.1 Å². The quantitative estimate of drug-likeness (QED) is 0.712. The minimum absolute atomic E-state index is 0.0231. The summed E-state index contributed by atoms with van der Waals surface area (Å²) in [6, 6.07) is 7.32. The number of benzene rings is 2. The predicted molar refractivity (Wildman–Crippen MR) is 99.7 cm³/mol. The van der Waals surface area contributed by atoms with Crippen molar-refractivity contribution < 1.29 is 23.4 Å². The summed E-state index contributed by atoms with van der Waals surface area (Å²) < 4.78 is 35.0. The molecule has 0 spiro atoms.